The normalized spacial score (nSPS) is 10.3. The fourth-order valence-corrected chi connectivity index (χ4v) is 1.91. The van der Waals surface area contributed by atoms with Gasteiger partial charge in [-0.15, -0.1) is 0 Å². The Balaban J connectivity index is 2.08. The number of nitriles is 1. The van der Waals surface area contributed by atoms with Crippen molar-refractivity contribution in [3.63, 3.8) is 0 Å². The number of halogens is 1. The molecule has 1 aromatic carbocycles. The van der Waals surface area contributed by atoms with E-state index in [-0.39, 0.29) is 17.0 Å². The van der Waals surface area contributed by atoms with Gasteiger partial charge in [-0.1, -0.05) is 11.2 Å². The van der Waals surface area contributed by atoms with Gasteiger partial charge in [0.05, 0.1) is 5.56 Å². The smallest absolute Gasteiger partial charge is 0.259 e. The number of rotatable bonds is 2. The molecule has 0 amide bonds. The van der Waals surface area contributed by atoms with Crippen molar-refractivity contribution in [2.75, 3.05) is 0 Å². The van der Waals surface area contributed by atoms with Gasteiger partial charge in [0, 0.05) is 6.20 Å². The maximum absolute atomic E-state index is 13.6. The van der Waals surface area contributed by atoms with E-state index < -0.39 is 5.82 Å². The lowest BCUT2D eigenvalue weighted by molar-refractivity contribution is 0.431. The minimum Gasteiger partial charge on any atom is -0.334 e. The van der Waals surface area contributed by atoms with Crippen molar-refractivity contribution in [1.82, 2.24) is 15.1 Å². The molecule has 0 saturated heterocycles. The standard InChI is InChI=1S/C15H9FN4O/c1-9-5-6-18-13(7-9)14-19-15(21-20-14)10-3-2-4-12(16)11(10)8-17/h2-7H,1H3. The molecule has 0 bridgehead atoms. The Hall–Kier alpha value is -3.07. The van der Waals surface area contributed by atoms with Crippen LogP contribution in [0.15, 0.2) is 41.1 Å². The van der Waals surface area contributed by atoms with Crippen molar-refractivity contribution in [2.45, 2.75) is 6.92 Å². The Labute approximate surface area is 119 Å². The molecule has 5 nitrogen and oxygen atoms in total. The van der Waals surface area contributed by atoms with Crippen LogP contribution in [0.4, 0.5) is 4.39 Å². The van der Waals surface area contributed by atoms with Crippen LogP contribution >= 0.6 is 0 Å². The van der Waals surface area contributed by atoms with Crippen molar-refractivity contribution < 1.29 is 8.91 Å². The summed E-state index contributed by atoms with van der Waals surface area (Å²) in [6.45, 7) is 1.92. The first-order valence-electron chi connectivity index (χ1n) is 6.15. The van der Waals surface area contributed by atoms with Gasteiger partial charge in [-0.3, -0.25) is 4.98 Å². The molecule has 0 spiro atoms. The van der Waals surface area contributed by atoms with Gasteiger partial charge in [-0.05, 0) is 36.8 Å². The Morgan fingerprint density at radius 3 is 2.90 bits per heavy atom. The van der Waals surface area contributed by atoms with Crippen LogP contribution in [0, 0.1) is 24.1 Å². The highest BCUT2D eigenvalue weighted by molar-refractivity contribution is 5.65. The summed E-state index contributed by atoms with van der Waals surface area (Å²) in [4.78, 5) is 8.34. The molecular formula is C15H9FN4O. The van der Waals surface area contributed by atoms with Gasteiger partial charge < -0.3 is 4.52 Å². The second-order valence-electron chi connectivity index (χ2n) is 4.42. The zero-order valence-corrected chi connectivity index (χ0v) is 11.0. The summed E-state index contributed by atoms with van der Waals surface area (Å²) in [6, 6.07) is 9.72. The van der Waals surface area contributed by atoms with Crippen LogP contribution in [-0.4, -0.2) is 15.1 Å². The molecule has 2 aromatic heterocycles. The fraction of sp³-hybridized carbons (Fsp3) is 0.0667. The molecular weight excluding hydrogens is 271 g/mol. The van der Waals surface area contributed by atoms with Crippen molar-refractivity contribution in [3.05, 3.63) is 53.5 Å². The molecule has 0 aliphatic carbocycles. The summed E-state index contributed by atoms with van der Waals surface area (Å²) < 4.78 is 18.7. The van der Waals surface area contributed by atoms with Crippen molar-refractivity contribution in [1.29, 1.82) is 5.26 Å². The molecule has 0 aliphatic rings. The molecule has 0 N–H and O–H groups in total. The fourth-order valence-electron chi connectivity index (χ4n) is 1.91. The van der Waals surface area contributed by atoms with Crippen LogP contribution in [0.3, 0.4) is 0 Å². The third kappa shape index (κ3) is 2.37. The number of aryl methyl sites for hydroxylation is 1. The molecule has 6 heteroatoms. The lowest BCUT2D eigenvalue weighted by atomic mass is 10.1. The summed E-state index contributed by atoms with van der Waals surface area (Å²) in [5.74, 6) is -0.241. The molecule has 0 aliphatic heterocycles. The van der Waals surface area contributed by atoms with Gasteiger partial charge in [0.2, 0.25) is 5.82 Å². The SMILES string of the molecule is Cc1ccnc(-c2noc(-c3cccc(F)c3C#N)n2)c1. The van der Waals surface area contributed by atoms with Crippen LogP contribution in [0.25, 0.3) is 23.0 Å². The van der Waals surface area contributed by atoms with E-state index in [0.717, 1.165) is 5.56 Å². The topological polar surface area (TPSA) is 75.6 Å². The number of pyridine rings is 1. The molecule has 0 radical (unpaired) electrons. The minimum absolute atomic E-state index is 0.0874. The highest BCUT2D eigenvalue weighted by atomic mass is 19.1. The summed E-state index contributed by atoms with van der Waals surface area (Å²) in [6.07, 6.45) is 1.64. The number of benzene rings is 1. The maximum atomic E-state index is 13.6. The number of nitrogens with zero attached hydrogens (tertiary/aromatic N) is 4. The predicted octanol–water partition coefficient (Wildman–Crippen LogP) is 3.12. The van der Waals surface area contributed by atoms with Gasteiger partial charge in [-0.25, -0.2) is 4.39 Å². The van der Waals surface area contributed by atoms with Crippen LogP contribution in [0.1, 0.15) is 11.1 Å². The van der Waals surface area contributed by atoms with Crippen molar-refractivity contribution >= 4 is 0 Å². The molecule has 0 saturated carbocycles. The molecule has 102 valence electrons. The quantitative estimate of drug-likeness (QED) is 0.720. The Bertz CT molecular complexity index is 851. The highest BCUT2D eigenvalue weighted by Crippen LogP contribution is 2.25. The molecule has 3 aromatic rings. The average Bonchev–Trinajstić information content (AvgIpc) is 2.96. The van der Waals surface area contributed by atoms with Gasteiger partial charge in [-0.2, -0.15) is 10.2 Å². The van der Waals surface area contributed by atoms with Gasteiger partial charge >= 0.3 is 0 Å². The predicted molar refractivity (Wildman–Crippen MR) is 72.4 cm³/mol. The molecule has 2 heterocycles. The van der Waals surface area contributed by atoms with Crippen molar-refractivity contribution in [3.8, 4) is 29.0 Å². The van der Waals surface area contributed by atoms with Crippen LogP contribution in [0.2, 0.25) is 0 Å². The summed E-state index contributed by atoms with van der Waals surface area (Å²) in [5, 5.41) is 12.9. The van der Waals surface area contributed by atoms with E-state index in [2.05, 4.69) is 15.1 Å². The molecule has 0 atom stereocenters. The van der Waals surface area contributed by atoms with E-state index in [0.29, 0.717) is 11.5 Å². The summed E-state index contributed by atoms with van der Waals surface area (Å²) in [5.41, 5.74) is 1.71. The largest absolute Gasteiger partial charge is 0.334 e. The molecule has 21 heavy (non-hydrogen) atoms. The van der Waals surface area contributed by atoms with Crippen molar-refractivity contribution in [2.24, 2.45) is 0 Å². The molecule has 0 unspecified atom stereocenters. The lowest BCUT2D eigenvalue weighted by Gasteiger charge is -1.98. The second kappa shape index (κ2) is 5.13. The zero-order valence-electron chi connectivity index (χ0n) is 11.0. The van der Waals surface area contributed by atoms with E-state index in [1.807, 2.05) is 19.1 Å². The van der Waals surface area contributed by atoms with Crippen LogP contribution in [-0.2, 0) is 0 Å². The Morgan fingerprint density at radius 2 is 2.14 bits per heavy atom. The zero-order chi connectivity index (χ0) is 14.8. The van der Waals surface area contributed by atoms with E-state index >= 15 is 0 Å². The average molecular weight is 280 g/mol. The van der Waals surface area contributed by atoms with E-state index in [1.54, 1.807) is 18.3 Å². The Kier molecular flexibility index (Phi) is 3.16. The number of hydrogen-bond donors (Lipinski definition) is 0. The second-order valence-corrected chi connectivity index (χ2v) is 4.42. The van der Waals surface area contributed by atoms with E-state index in [9.17, 15) is 4.39 Å². The lowest BCUT2D eigenvalue weighted by Crippen LogP contribution is -1.90. The molecule has 0 fully saturated rings. The first kappa shape index (κ1) is 12.9. The van der Waals surface area contributed by atoms with Crippen LogP contribution in [0.5, 0.6) is 0 Å². The Morgan fingerprint density at radius 1 is 1.29 bits per heavy atom. The minimum atomic E-state index is -0.622. The van der Waals surface area contributed by atoms with Crippen LogP contribution < -0.4 is 0 Å². The number of hydrogen-bond acceptors (Lipinski definition) is 5. The maximum Gasteiger partial charge on any atom is 0.259 e. The van der Waals surface area contributed by atoms with Gasteiger partial charge in [0.15, 0.2) is 0 Å². The first-order chi connectivity index (χ1) is 10.2. The van der Waals surface area contributed by atoms with E-state index in [4.69, 9.17) is 9.78 Å². The van der Waals surface area contributed by atoms with E-state index in [1.165, 1.54) is 12.1 Å². The summed E-state index contributed by atoms with van der Waals surface area (Å²) in [7, 11) is 0. The molecule has 3 rings (SSSR count). The summed E-state index contributed by atoms with van der Waals surface area (Å²) >= 11 is 0. The third-order valence-electron chi connectivity index (χ3n) is 2.93. The monoisotopic (exact) mass is 280 g/mol. The van der Waals surface area contributed by atoms with Gasteiger partial charge in [0.25, 0.3) is 5.89 Å². The number of aromatic nitrogens is 3. The highest BCUT2D eigenvalue weighted by Gasteiger charge is 2.17. The first-order valence-corrected chi connectivity index (χ1v) is 6.15. The van der Waals surface area contributed by atoms with Gasteiger partial charge in [0.1, 0.15) is 23.1 Å². The third-order valence-corrected chi connectivity index (χ3v) is 2.93.